The highest BCUT2D eigenvalue weighted by atomic mass is 79.9. The van der Waals surface area contributed by atoms with Crippen LogP contribution in [-0.2, 0) is 0 Å². The molecule has 0 unspecified atom stereocenters. The molecule has 0 spiro atoms. The highest BCUT2D eigenvalue weighted by molar-refractivity contribution is 9.11. The predicted molar refractivity (Wildman–Crippen MR) is 74.1 cm³/mol. The Kier molecular flexibility index (Phi) is 3.79. The molecule has 0 aliphatic heterocycles. The van der Waals surface area contributed by atoms with Crippen molar-refractivity contribution >= 4 is 43.4 Å². The van der Waals surface area contributed by atoms with Crippen molar-refractivity contribution in [3.05, 3.63) is 50.8 Å². The molecular weight excluding hydrogens is 351 g/mol. The van der Waals surface area contributed by atoms with Gasteiger partial charge in [0.05, 0.1) is 8.95 Å². The molecule has 0 atom stereocenters. The second kappa shape index (κ2) is 5.14. The summed E-state index contributed by atoms with van der Waals surface area (Å²) in [4.78, 5) is 4.19. The third-order valence-electron chi connectivity index (χ3n) is 2.26. The van der Waals surface area contributed by atoms with E-state index < -0.39 is 0 Å². The van der Waals surface area contributed by atoms with Crippen LogP contribution in [0.25, 0.3) is 0 Å². The summed E-state index contributed by atoms with van der Waals surface area (Å²) in [5, 5.41) is 3.06. The van der Waals surface area contributed by atoms with E-state index in [2.05, 4.69) is 42.2 Å². The van der Waals surface area contributed by atoms with Gasteiger partial charge in [0.1, 0.15) is 11.6 Å². The van der Waals surface area contributed by atoms with Gasteiger partial charge in [-0.05, 0) is 68.6 Å². The molecule has 0 aliphatic rings. The fourth-order valence-electron chi connectivity index (χ4n) is 1.34. The Labute approximate surface area is 116 Å². The van der Waals surface area contributed by atoms with Crippen molar-refractivity contribution in [1.29, 1.82) is 0 Å². The zero-order chi connectivity index (χ0) is 12.4. The molecule has 0 fully saturated rings. The summed E-state index contributed by atoms with van der Waals surface area (Å²) in [6, 6.07) is 6.75. The van der Waals surface area contributed by atoms with Crippen LogP contribution in [0.2, 0.25) is 0 Å². The van der Waals surface area contributed by atoms with Gasteiger partial charge in [-0.1, -0.05) is 0 Å². The van der Waals surface area contributed by atoms with Crippen LogP contribution in [-0.4, -0.2) is 4.98 Å². The van der Waals surface area contributed by atoms with Gasteiger partial charge in [0.2, 0.25) is 0 Å². The quantitative estimate of drug-likeness (QED) is 0.833. The number of nitrogens with one attached hydrogen (secondary N) is 1. The molecular formula is C12H9Br2FN2. The Morgan fingerprint density at radius 3 is 2.71 bits per heavy atom. The standard InChI is InChI=1S/C12H9Br2FN2/c1-7-4-5-16-12(11(7)14)17-8-2-3-9(13)10(15)6-8/h2-6H,1H3,(H,16,17). The maximum atomic E-state index is 13.3. The van der Waals surface area contributed by atoms with Crippen molar-refractivity contribution < 1.29 is 4.39 Å². The van der Waals surface area contributed by atoms with Crippen LogP contribution < -0.4 is 5.32 Å². The second-order valence-electron chi connectivity index (χ2n) is 3.54. The van der Waals surface area contributed by atoms with E-state index in [1.807, 2.05) is 13.0 Å². The van der Waals surface area contributed by atoms with Crippen molar-refractivity contribution in [3.63, 3.8) is 0 Å². The smallest absolute Gasteiger partial charge is 0.144 e. The van der Waals surface area contributed by atoms with Crippen molar-refractivity contribution in [3.8, 4) is 0 Å². The van der Waals surface area contributed by atoms with Gasteiger partial charge < -0.3 is 5.32 Å². The van der Waals surface area contributed by atoms with Crippen LogP contribution in [0.15, 0.2) is 39.4 Å². The minimum Gasteiger partial charge on any atom is -0.339 e. The summed E-state index contributed by atoms with van der Waals surface area (Å²) in [5.74, 6) is 0.366. The normalized spacial score (nSPS) is 10.4. The van der Waals surface area contributed by atoms with E-state index in [1.54, 1.807) is 18.3 Å². The van der Waals surface area contributed by atoms with Gasteiger partial charge in [-0.25, -0.2) is 9.37 Å². The van der Waals surface area contributed by atoms with Gasteiger partial charge >= 0.3 is 0 Å². The topological polar surface area (TPSA) is 24.9 Å². The summed E-state index contributed by atoms with van der Waals surface area (Å²) in [6.45, 7) is 1.97. The van der Waals surface area contributed by atoms with E-state index in [0.29, 0.717) is 16.0 Å². The average molecular weight is 360 g/mol. The van der Waals surface area contributed by atoms with E-state index in [-0.39, 0.29) is 5.82 Å². The fraction of sp³-hybridized carbons (Fsp3) is 0.0833. The number of anilines is 2. The summed E-state index contributed by atoms with van der Waals surface area (Å²) in [7, 11) is 0. The molecule has 0 radical (unpaired) electrons. The minimum atomic E-state index is -0.307. The second-order valence-corrected chi connectivity index (χ2v) is 5.19. The number of rotatable bonds is 2. The largest absolute Gasteiger partial charge is 0.339 e. The monoisotopic (exact) mass is 358 g/mol. The van der Waals surface area contributed by atoms with Gasteiger partial charge in [-0.3, -0.25) is 0 Å². The van der Waals surface area contributed by atoms with E-state index in [9.17, 15) is 4.39 Å². The molecule has 0 bridgehead atoms. The van der Waals surface area contributed by atoms with Gasteiger partial charge in [-0.15, -0.1) is 0 Å². The summed E-state index contributed by atoms with van der Waals surface area (Å²) in [6.07, 6.45) is 1.71. The van der Waals surface area contributed by atoms with Crippen LogP contribution in [0.3, 0.4) is 0 Å². The molecule has 2 rings (SSSR count). The van der Waals surface area contributed by atoms with Crippen molar-refractivity contribution in [2.24, 2.45) is 0 Å². The number of hydrogen-bond acceptors (Lipinski definition) is 2. The van der Waals surface area contributed by atoms with Gasteiger partial charge in [0.25, 0.3) is 0 Å². The van der Waals surface area contributed by atoms with E-state index in [0.717, 1.165) is 10.0 Å². The van der Waals surface area contributed by atoms with E-state index >= 15 is 0 Å². The number of aryl methyl sites for hydroxylation is 1. The minimum absolute atomic E-state index is 0.307. The molecule has 17 heavy (non-hydrogen) atoms. The summed E-state index contributed by atoms with van der Waals surface area (Å²) >= 11 is 6.56. The molecule has 1 aromatic heterocycles. The third kappa shape index (κ3) is 2.84. The summed E-state index contributed by atoms with van der Waals surface area (Å²) < 4.78 is 14.7. The zero-order valence-corrected chi connectivity index (χ0v) is 12.1. The lowest BCUT2D eigenvalue weighted by Gasteiger charge is -2.09. The maximum absolute atomic E-state index is 13.3. The fourth-order valence-corrected chi connectivity index (χ4v) is 1.92. The van der Waals surface area contributed by atoms with Crippen LogP contribution in [0.1, 0.15) is 5.56 Å². The highest BCUT2D eigenvalue weighted by Crippen LogP contribution is 2.27. The first kappa shape index (κ1) is 12.5. The number of nitrogens with zero attached hydrogens (tertiary/aromatic N) is 1. The Bertz CT molecular complexity index is 558. The van der Waals surface area contributed by atoms with Gasteiger partial charge in [-0.2, -0.15) is 0 Å². The van der Waals surface area contributed by atoms with Crippen LogP contribution in [0, 0.1) is 12.7 Å². The number of benzene rings is 1. The molecule has 0 aliphatic carbocycles. The number of halogens is 3. The summed E-state index contributed by atoms with van der Waals surface area (Å²) in [5.41, 5.74) is 1.73. The van der Waals surface area contributed by atoms with Gasteiger partial charge in [0, 0.05) is 11.9 Å². The van der Waals surface area contributed by atoms with Crippen LogP contribution in [0.5, 0.6) is 0 Å². The van der Waals surface area contributed by atoms with Crippen molar-refractivity contribution in [2.75, 3.05) is 5.32 Å². The molecule has 0 saturated heterocycles. The Hall–Kier alpha value is -0.940. The van der Waals surface area contributed by atoms with Crippen LogP contribution in [0.4, 0.5) is 15.9 Å². The Morgan fingerprint density at radius 2 is 2.00 bits per heavy atom. The first-order chi connectivity index (χ1) is 8.08. The molecule has 1 aromatic carbocycles. The average Bonchev–Trinajstić information content (AvgIpc) is 2.30. The van der Waals surface area contributed by atoms with E-state index in [1.165, 1.54) is 6.07 Å². The van der Waals surface area contributed by atoms with E-state index in [4.69, 9.17) is 0 Å². The van der Waals surface area contributed by atoms with Gasteiger partial charge in [0.15, 0.2) is 0 Å². The zero-order valence-electron chi connectivity index (χ0n) is 8.97. The molecule has 88 valence electrons. The number of aromatic nitrogens is 1. The first-order valence-electron chi connectivity index (χ1n) is 4.91. The van der Waals surface area contributed by atoms with Crippen molar-refractivity contribution in [1.82, 2.24) is 4.98 Å². The number of pyridine rings is 1. The molecule has 0 amide bonds. The molecule has 1 heterocycles. The lowest BCUT2D eigenvalue weighted by Crippen LogP contribution is -1.96. The number of hydrogen-bond donors (Lipinski definition) is 1. The Balaban J connectivity index is 2.31. The lowest BCUT2D eigenvalue weighted by molar-refractivity contribution is 0.622. The predicted octanol–water partition coefficient (Wildman–Crippen LogP) is 4.80. The van der Waals surface area contributed by atoms with Crippen LogP contribution >= 0.6 is 31.9 Å². The molecule has 0 saturated carbocycles. The molecule has 5 heteroatoms. The molecule has 1 N–H and O–H groups in total. The lowest BCUT2D eigenvalue weighted by atomic mass is 10.2. The van der Waals surface area contributed by atoms with Crippen molar-refractivity contribution in [2.45, 2.75) is 6.92 Å². The third-order valence-corrected chi connectivity index (χ3v) is 3.91. The highest BCUT2D eigenvalue weighted by Gasteiger charge is 2.06. The maximum Gasteiger partial charge on any atom is 0.144 e. The first-order valence-corrected chi connectivity index (χ1v) is 6.49. The SMILES string of the molecule is Cc1ccnc(Nc2ccc(Br)c(F)c2)c1Br. The molecule has 2 nitrogen and oxygen atoms in total. The molecule has 2 aromatic rings. The Morgan fingerprint density at radius 1 is 1.24 bits per heavy atom.